The molecule has 18 heavy (non-hydrogen) atoms. The molecule has 0 aromatic heterocycles. The minimum Gasteiger partial charge on any atom is -0.399 e. The van der Waals surface area contributed by atoms with Crippen LogP contribution in [0.25, 0.3) is 0 Å². The molecule has 0 saturated heterocycles. The zero-order valence-corrected chi connectivity index (χ0v) is 11.0. The van der Waals surface area contributed by atoms with E-state index in [9.17, 15) is 0 Å². The van der Waals surface area contributed by atoms with Crippen molar-refractivity contribution in [3.8, 4) is 0 Å². The zero-order chi connectivity index (χ0) is 13.0. The first-order valence-corrected chi connectivity index (χ1v) is 6.26. The van der Waals surface area contributed by atoms with Gasteiger partial charge in [0.05, 0.1) is 0 Å². The lowest BCUT2D eigenvalue weighted by Gasteiger charge is -2.09. The summed E-state index contributed by atoms with van der Waals surface area (Å²) in [7, 11) is 0. The maximum absolute atomic E-state index is 5.76. The van der Waals surface area contributed by atoms with Crippen molar-refractivity contribution in [2.45, 2.75) is 26.9 Å². The van der Waals surface area contributed by atoms with Crippen molar-refractivity contribution in [1.29, 1.82) is 0 Å². The molecule has 3 N–H and O–H groups in total. The summed E-state index contributed by atoms with van der Waals surface area (Å²) in [6.07, 6.45) is 0. The molecule has 2 rings (SSSR count). The molecule has 0 unspecified atom stereocenters. The topological polar surface area (TPSA) is 38.0 Å². The summed E-state index contributed by atoms with van der Waals surface area (Å²) in [5.41, 5.74) is 11.8. The van der Waals surface area contributed by atoms with Crippen molar-refractivity contribution in [2.24, 2.45) is 0 Å². The van der Waals surface area contributed by atoms with Crippen molar-refractivity contribution >= 4 is 5.69 Å². The molecule has 94 valence electrons. The van der Waals surface area contributed by atoms with Crippen LogP contribution >= 0.6 is 0 Å². The summed E-state index contributed by atoms with van der Waals surface area (Å²) in [4.78, 5) is 0. The van der Waals surface area contributed by atoms with Crippen molar-refractivity contribution in [3.63, 3.8) is 0 Å². The fourth-order valence-electron chi connectivity index (χ4n) is 2.04. The van der Waals surface area contributed by atoms with Crippen molar-refractivity contribution < 1.29 is 0 Å². The Hall–Kier alpha value is -1.80. The van der Waals surface area contributed by atoms with Crippen LogP contribution in [0.3, 0.4) is 0 Å². The first-order chi connectivity index (χ1) is 8.65. The van der Waals surface area contributed by atoms with Crippen LogP contribution in [0, 0.1) is 13.8 Å². The molecule has 2 aromatic carbocycles. The van der Waals surface area contributed by atoms with Crippen LogP contribution in [0.15, 0.2) is 42.5 Å². The van der Waals surface area contributed by atoms with Crippen LogP contribution in [0.4, 0.5) is 5.69 Å². The van der Waals surface area contributed by atoms with Gasteiger partial charge in [0.25, 0.3) is 0 Å². The number of nitrogen functional groups attached to an aromatic ring is 1. The zero-order valence-electron chi connectivity index (χ0n) is 11.0. The molecule has 2 heteroatoms. The highest BCUT2D eigenvalue weighted by molar-refractivity contribution is 5.40. The summed E-state index contributed by atoms with van der Waals surface area (Å²) in [6.45, 7) is 6.01. The van der Waals surface area contributed by atoms with Crippen LogP contribution in [-0.4, -0.2) is 0 Å². The third kappa shape index (κ3) is 3.34. The minimum absolute atomic E-state index is 0.820. The van der Waals surface area contributed by atoms with E-state index in [0.717, 1.165) is 18.8 Å². The SMILES string of the molecule is Cc1ccc(C)c(CNCc2cccc(N)c2)c1. The number of benzene rings is 2. The monoisotopic (exact) mass is 240 g/mol. The van der Waals surface area contributed by atoms with Crippen molar-refractivity contribution in [1.82, 2.24) is 5.32 Å². The standard InChI is InChI=1S/C16H20N2/c1-12-6-7-13(2)15(8-12)11-18-10-14-4-3-5-16(17)9-14/h3-9,18H,10-11,17H2,1-2H3. The van der Waals surface area contributed by atoms with Crippen molar-refractivity contribution in [3.05, 3.63) is 64.7 Å². The summed E-state index contributed by atoms with van der Waals surface area (Å²) < 4.78 is 0. The Morgan fingerprint density at radius 1 is 1.00 bits per heavy atom. The largest absolute Gasteiger partial charge is 0.399 e. The summed E-state index contributed by atoms with van der Waals surface area (Å²) in [6, 6.07) is 14.6. The fourth-order valence-corrected chi connectivity index (χ4v) is 2.04. The predicted octanol–water partition coefficient (Wildman–Crippen LogP) is 3.18. The quantitative estimate of drug-likeness (QED) is 0.806. The van der Waals surface area contributed by atoms with Gasteiger partial charge >= 0.3 is 0 Å². The average Bonchev–Trinajstić information content (AvgIpc) is 2.34. The van der Waals surface area contributed by atoms with E-state index in [2.05, 4.69) is 43.4 Å². The third-order valence-corrected chi connectivity index (χ3v) is 3.10. The highest BCUT2D eigenvalue weighted by Gasteiger charge is 1.99. The molecular formula is C16H20N2. The summed E-state index contributed by atoms with van der Waals surface area (Å²) in [5, 5.41) is 3.46. The van der Waals surface area contributed by atoms with E-state index < -0.39 is 0 Å². The van der Waals surface area contributed by atoms with Gasteiger partial charge in [-0.1, -0.05) is 35.9 Å². The Balaban J connectivity index is 1.94. The Bertz CT molecular complexity index is 532. The second-order valence-corrected chi connectivity index (χ2v) is 4.78. The van der Waals surface area contributed by atoms with Gasteiger partial charge in [-0.15, -0.1) is 0 Å². The van der Waals surface area contributed by atoms with E-state index in [4.69, 9.17) is 5.73 Å². The van der Waals surface area contributed by atoms with E-state index in [-0.39, 0.29) is 0 Å². The van der Waals surface area contributed by atoms with Gasteiger partial charge in [-0.05, 0) is 42.7 Å². The highest BCUT2D eigenvalue weighted by Crippen LogP contribution is 2.11. The minimum atomic E-state index is 0.820. The van der Waals surface area contributed by atoms with E-state index >= 15 is 0 Å². The van der Waals surface area contributed by atoms with E-state index in [1.807, 2.05) is 18.2 Å². The Kier molecular flexibility index (Phi) is 4.00. The Morgan fingerprint density at radius 3 is 2.61 bits per heavy atom. The number of rotatable bonds is 4. The molecule has 0 saturated carbocycles. The molecule has 0 radical (unpaired) electrons. The first kappa shape index (κ1) is 12.7. The van der Waals surface area contributed by atoms with Crippen LogP contribution in [0.1, 0.15) is 22.3 Å². The Labute approximate surface area is 109 Å². The molecule has 0 fully saturated rings. The molecule has 2 nitrogen and oxygen atoms in total. The van der Waals surface area contributed by atoms with E-state index in [0.29, 0.717) is 0 Å². The number of hydrogen-bond acceptors (Lipinski definition) is 2. The number of nitrogens with two attached hydrogens (primary N) is 1. The normalized spacial score (nSPS) is 10.6. The van der Waals surface area contributed by atoms with Gasteiger partial charge in [0.2, 0.25) is 0 Å². The lowest BCUT2D eigenvalue weighted by atomic mass is 10.1. The lowest BCUT2D eigenvalue weighted by molar-refractivity contribution is 0.690. The van der Waals surface area contributed by atoms with Gasteiger partial charge in [0.1, 0.15) is 0 Å². The first-order valence-electron chi connectivity index (χ1n) is 6.26. The maximum Gasteiger partial charge on any atom is 0.0317 e. The number of nitrogens with one attached hydrogen (secondary N) is 1. The van der Waals surface area contributed by atoms with Crippen molar-refractivity contribution in [2.75, 3.05) is 5.73 Å². The summed E-state index contributed by atoms with van der Waals surface area (Å²) >= 11 is 0. The van der Waals surface area contributed by atoms with Crippen LogP contribution in [0.2, 0.25) is 0 Å². The second kappa shape index (κ2) is 5.69. The lowest BCUT2D eigenvalue weighted by Crippen LogP contribution is -2.13. The third-order valence-electron chi connectivity index (χ3n) is 3.10. The average molecular weight is 240 g/mol. The molecule has 0 aliphatic heterocycles. The molecule has 2 aromatic rings. The number of hydrogen-bond donors (Lipinski definition) is 2. The van der Waals surface area contributed by atoms with E-state index in [1.165, 1.54) is 22.3 Å². The number of anilines is 1. The molecule has 0 aliphatic carbocycles. The molecule has 0 heterocycles. The van der Waals surface area contributed by atoms with E-state index in [1.54, 1.807) is 0 Å². The fraction of sp³-hybridized carbons (Fsp3) is 0.250. The Morgan fingerprint density at radius 2 is 1.83 bits per heavy atom. The molecular weight excluding hydrogens is 220 g/mol. The molecule has 0 spiro atoms. The molecule has 0 atom stereocenters. The number of aryl methyl sites for hydroxylation is 2. The van der Waals surface area contributed by atoms with Gasteiger partial charge in [-0.3, -0.25) is 0 Å². The van der Waals surface area contributed by atoms with Gasteiger partial charge in [-0.25, -0.2) is 0 Å². The summed E-state index contributed by atoms with van der Waals surface area (Å²) in [5.74, 6) is 0. The molecule has 0 bridgehead atoms. The smallest absolute Gasteiger partial charge is 0.0317 e. The predicted molar refractivity (Wildman–Crippen MR) is 77.3 cm³/mol. The van der Waals surface area contributed by atoms with Gasteiger partial charge in [0.15, 0.2) is 0 Å². The van der Waals surface area contributed by atoms with Gasteiger partial charge in [-0.2, -0.15) is 0 Å². The van der Waals surface area contributed by atoms with Gasteiger partial charge in [0, 0.05) is 18.8 Å². The van der Waals surface area contributed by atoms with Crippen LogP contribution in [0.5, 0.6) is 0 Å². The van der Waals surface area contributed by atoms with Crippen LogP contribution < -0.4 is 11.1 Å². The van der Waals surface area contributed by atoms with Gasteiger partial charge < -0.3 is 11.1 Å². The van der Waals surface area contributed by atoms with Crippen LogP contribution in [-0.2, 0) is 13.1 Å². The molecule has 0 aliphatic rings. The second-order valence-electron chi connectivity index (χ2n) is 4.78. The maximum atomic E-state index is 5.76. The highest BCUT2D eigenvalue weighted by atomic mass is 14.8. The molecule has 0 amide bonds.